The van der Waals surface area contributed by atoms with Crippen LogP contribution in [0.1, 0.15) is 37.0 Å². The number of anilines is 1. The summed E-state index contributed by atoms with van der Waals surface area (Å²) in [5.74, 6) is -0.440. The zero-order valence-electron chi connectivity index (χ0n) is 12.9. The van der Waals surface area contributed by atoms with Gasteiger partial charge in [-0.15, -0.1) is 0 Å². The molecule has 5 nitrogen and oxygen atoms in total. The molecule has 3 N–H and O–H groups in total. The number of amides is 2. The van der Waals surface area contributed by atoms with Crippen LogP contribution in [-0.4, -0.2) is 30.9 Å². The number of carbonyl (C=O) groups is 2. The van der Waals surface area contributed by atoms with Crippen molar-refractivity contribution >= 4 is 29.1 Å². The molecule has 1 fully saturated rings. The molecule has 0 aromatic heterocycles. The third-order valence-electron chi connectivity index (χ3n) is 3.67. The quantitative estimate of drug-likeness (QED) is 0.779. The Morgan fingerprint density at radius 2 is 2.18 bits per heavy atom. The van der Waals surface area contributed by atoms with Crippen LogP contribution < -0.4 is 16.0 Å². The van der Waals surface area contributed by atoms with Gasteiger partial charge in [-0.05, 0) is 37.6 Å². The summed E-state index contributed by atoms with van der Waals surface area (Å²) in [6.07, 6.45) is 2.20. The Balaban J connectivity index is 2.01. The second-order valence-electron chi connectivity index (χ2n) is 5.84. The highest BCUT2D eigenvalue weighted by molar-refractivity contribution is 6.34. The van der Waals surface area contributed by atoms with Crippen LogP contribution in [0, 0.1) is 5.92 Å². The van der Waals surface area contributed by atoms with Gasteiger partial charge in [0.25, 0.3) is 5.91 Å². The SMILES string of the molecule is CC(C)C(=O)Nc1ccc(Cl)c(C(=O)NCC2CCCN2)c1. The van der Waals surface area contributed by atoms with Gasteiger partial charge >= 0.3 is 0 Å². The minimum atomic E-state index is -0.223. The highest BCUT2D eigenvalue weighted by atomic mass is 35.5. The standard InChI is InChI=1S/C16H22ClN3O2/c1-10(2)15(21)20-11-5-6-14(17)13(8-11)16(22)19-9-12-4-3-7-18-12/h5-6,8,10,12,18H,3-4,7,9H2,1-2H3,(H,19,22)(H,20,21). The minimum absolute atomic E-state index is 0.0937. The van der Waals surface area contributed by atoms with E-state index < -0.39 is 0 Å². The molecule has 2 amide bonds. The van der Waals surface area contributed by atoms with E-state index in [1.54, 1.807) is 18.2 Å². The molecule has 120 valence electrons. The number of benzene rings is 1. The monoisotopic (exact) mass is 323 g/mol. The smallest absolute Gasteiger partial charge is 0.252 e. The zero-order valence-corrected chi connectivity index (χ0v) is 13.7. The van der Waals surface area contributed by atoms with E-state index in [1.807, 2.05) is 13.8 Å². The lowest BCUT2D eigenvalue weighted by Crippen LogP contribution is -2.37. The molecule has 0 saturated carbocycles. The van der Waals surface area contributed by atoms with Crippen molar-refractivity contribution in [3.63, 3.8) is 0 Å². The fourth-order valence-corrected chi connectivity index (χ4v) is 2.51. The topological polar surface area (TPSA) is 70.2 Å². The van der Waals surface area contributed by atoms with Crippen molar-refractivity contribution < 1.29 is 9.59 Å². The van der Waals surface area contributed by atoms with Gasteiger partial charge in [-0.3, -0.25) is 9.59 Å². The summed E-state index contributed by atoms with van der Waals surface area (Å²) in [4.78, 5) is 24.0. The molecule has 2 rings (SSSR count). The fraction of sp³-hybridized carbons (Fsp3) is 0.500. The van der Waals surface area contributed by atoms with E-state index in [2.05, 4.69) is 16.0 Å². The second-order valence-corrected chi connectivity index (χ2v) is 6.25. The van der Waals surface area contributed by atoms with Crippen LogP contribution in [0.5, 0.6) is 0 Å². The lowest BCUT2D eigenvalue weighted by atomic mass is 10.1. The molecule has 1 atom stereocenters. The Hall–Kier alpha value is -1.59. The highest BCUT2D eigenvalue weighted by Crippen LogP contribution is 2.21. The maximum absolute atomic E-state index is 12.3. The molecule has 1 heterocycles. The van der Waals surface area contributed by atoms with Gasteiger partial charge in [0.1, 0.15) is 0 Å². The van der Waals surface area contributed by atoms with E-state index in [9.17, 15) is 9.59 Å². The van der Waals surface area contributed by atoms with E-state index >= 15 is 0 Å². The Kier molecular flexibility index (Phi) is 5.80. The molecule has 1 aromatic rings. The summed E-state index contributed by atoms with van der Waals surface area (Å²) in [7, 11) is 0. The molecular weight excluding hydrogens is 302 g/mol. The van der Waals surface area contributed by atoms with Gasteiger partial charge in [0.05, 0.1) is 10.6 Å². The van der Waals surface area contributed by atoms with E-state index in [-0.39, 0.29) is 17.7 Å². The van der Waals surface area contributed by atoms with Crippen LogP contribution in [0.4, 0.5) is 5.69 Å². The lowest BCUT2D eigenvalue weighted by molar-refractivity contribution is -0.118. The first kappa shape index (κ1) is 16.8. The van der Waals surface area contributed by atoms with Crippen LogP contribution in [0.15, 0.2) is 18.2 Å². The summed E-state index contributed by atoms with van der Waals surface area (Å²) >= 11 is 6.10. The van der Waals surface area contributed by atoms with Crippen LogP contribution in [0.25, 0.3) is 0 Å². The molecule has 0 aliphatic carbocycles. The minimum Gasteiger partial charge on any atom is -0.350 e. The average Bonchev–Trinajstić information content (AvgIpc) is 3.00. The number of rotatable bonds is 5. The summed E-state index contributed by atoms with van der Waals surface area (Å²) in [6.45, 7) is 5.21. The first-order valence-electron chi connectivity index (χ1n) is 7.59. The number of hydrogen-bond donors (Lipinski definition) is 3. The van der Waals surface area contributed by atoms with E-state index in [0.717, 1.165) is 19.4 Å². The van der Waals surface area contributed by atoms with Crippen LogP contribution in [0.2, 0.25) is 5.02 Å². The zero-order chi connectivity index (χ0) is 16.1. The van der Waals surface area contributed by atoms with Crippen molar-refractivity contribution in [2.24, 2.45) is 5.92 Å². The van der Waals surface area contributed by atoms with E-state index in [0.29, 0.717) is 28.9 Å². The first-order chi connectivity index (χ1) is 10.5. The molecule has 1 aromatic carbocycles. The summed E-state index contributed by atoms with van der Waals surface area (Å²) in [5, 5.41) is 9.36. The van der Waals surface area contributed by atoms with E-state index in [4.69, 9.17) is 11.6 Å². The Labute approximate surface area is 135 Å². The van der Waals surface area contributed by atoms with Gasteiger partial charge in [0.15, 0.2) is 0 Å². The average molecular weight is 324 g/mol. The molecule has 1 aliphatic rings. The third kappa shape index (κ3) is 4.45. The van der Waals surface area contributed by atoms with Crippen molar-refractivity contribution in [2.45, 2.75) is 32.7 Å². The van der Waals surface area contributed by atoms with Gasteiger partial charge in [-0.1, -0.05) is 25.4 Å². The molecule has 0 radical (unpaired) electrons. The summed E-state index contributed by atoms with van der Waals surface area (Å²) < 4.78 is 0. The molecule has 1 unspecified atom stereocenters. The van der Waals surface area contributed by atoms with Gasteiger partial charge < -0.3 is 16.0 Å². The maximum Gasteiger partial charge on any atom is 0.252 e. The fourth-order valence-electron chi connectivity index (χ4n) is 2.31. The van der Waals surface area contributed by atoms with Crippen molar-refractivity contribution in [3.8, 4) is 0 Å². The predicted molar refractivity (Wildman–Crippen MR) is 88.3 cm³/mol. The normalized spacial score (nSPS) is 17.5. The highest BCUT2D eigenvalue weighted by Gasteiger charge is 2.17. The molecule has 0 spiro atoms. The number of carbonyl (C=O) groups excluding carboxylic acids is 2. The second kappa shape index (κ2) is 7.61. The number of halogens is 1. The summed E-state index contributed by atoms with van der Waals surface area (Å²) in [5.41, 5.74) is 0.952. The van der Waals surface area contributed by atoms with Gasteiger partial charge in [0, 0.05) is 24.2 Å². The molecule has 1 saturated heterocycles. The Morgan fingerprint density at radius 3 is 2.82 bits per heavy atom. The summed E-state index contributed by atoms with van der Waals surface area (Å²) in [6, 6.07) is 5.25. The predicted octanol–water partition coefficient (Wildman–Crippen LogP) is 2.42. The third-order valence-corrected chi connectivity index (χ3v) is 4.00. The molecule has 6 heteroatoms. The number of hydrogen-bond acceptors (Lipinski definition) is 3. The Morgan fingerprint density at radius 1 is 1.41 bits per heavy atom. The van der Waals surface area contributed by atoms with Crippen molar-refractivity contribution in [3.05, 3.63) is 28.8 Å². The van der Waals surface area contributed by atoms with Gasteiger partial charge in [-0.2, -0.15) is 0 Å². The number of nitrogens with one attached hydrogen (secondary N) is 3. The van der Waals surface area contributed by atoms with Gasteiger partial charge in [-0.25, -0.2) is 0 Å². The maximum atomic E-state index is 12.3. The van der Waals surface area contributed by atoms with E-state index in [1.165, 1.54) is 0 Å². The van der Waals surface area contributed by atoms with Gasteiger partial charge in [0.2, 0.25) is 5.91 Å². The molecule has 22 heavy (non-hydrogen) atoms. The van der Waals surface area contributed by atoms with Crippen LogP contribution in [-0.2, 0) is 4.79 Å². The van der Waals surface area contributed by atoms with Crippen molar-refractivity contribution in [1.29, 1.82) is 0 Å². The largest absolute Gasteiger partial charge is 0.350 e. The first-order valence-corrected chi connectivity index (χ1v) is 7.97. The molecular formula is C16H22ClN3O2. The van der Waals surface area contributed by atoms with Crippen LogP contribution >= 0.6 is 11.6 Å². The van der Waals surface area contributed by atoms with Crippen molar-refractivity contribution in [2.75, 3.05) is 18.4 Å². The molecule has 0 bridgehead atoms. The Bertz CT molecular complexity index is 554. The van der Waals surface area contributed by atoms with Crippen molar-refractivity contribution in [1.82, 2.24) is 10.6 Å². The lowest BCUT2D eigenvalue weighted by Gasteiger charge is -2.13. The van der Waals surface area contributed by atoms with Crippen LogP contribution in [0.3, 0.4) is 0 Å². The molecule has 1 aliphatic heterocycles.